The van der Waals surface area contributed by atoms with E-state index in [1.165, 1.54) is 15.0 Å². The molecule has 2 aliphatic carbocycles. The molecule has 0 saturated heterocycles. The number of allylic oxidation sites excluding steroid dienone is 5. The summed E-state index contributed by atoms with van der Waals surface area (Å²) in [7, 11) is 0. The quantitative estimate of drug-likeness (QED) is 0.452. The minimum absolute atomic E-state index is 0. The standard InChI is InChI=1S/C23H35O2.2ClH.Ti/c1-20(2,3)17-14-15-23(25-22(7,8)9,19(16-17)21(4,5)6)24-18-12-10-11-13-18;;;/h10,12,14,16H,11,15H2,1-9H3;2*1H;/q;;;+2/p-2. The fourth-order valence-corrected chi connectivity index (χ4v) is 3.85. The van der Waals surface area contributed by atoms with E-state index in [0.29, 0.717) is 0 Å². The van der Waals surface area contributed by atoms with Gasteiger partial charge in [0.05, 0.1) is 0 Å². The van der Waals surface area contributed by atoms with Crippen LogP contribution in [0, 0.1) is 10.8 Å². The van der Waals surface area contributed by atoms with E-state index in [9.17, 15) is 0 Å². The van der Waals surface area contributed by atoms with Crippen molar-refractivity contribution in [1.82, 2.24) is 0 Å². The van der Waals surface area contributed by atoms with Crippen LogP contribution in [0.4, 0.5) is 0 Å². The van der Waals surface area contributed by atoms with E-state index < -0.39 is 5.79 Å². The van der Waals surface area contributed by atoms with E-state index in [1.807, 2.05) is 0 Å². The Kier molecular flexibility index (Phi) is 9.44. The largest absolute Gasteiger partial charge is 1.00 e. The average Bonchev–Trinajstić information content (AvgIpc) is 2.79. The molecule has 0 saturated carbocycles. The molecule has 2 nitrogen and oxygen atoms in total. The van der Waals surface area contributed by atoms with Gasteiger partial charge in [-0.1, -0.05) is 0 Å². The number of hydrogen-bond donors (Lipinski definition) is 0. The molecule has 0 N–H and O–H groups in total. The topological polar surface area (TPSA) is 18.5 Å². The Balaban J connectivity index is 0.00000364. The summed E-state index contributed by atoms with van der Waals surface area (Å²) in [5.41, 5.74) is 2.30. The number of rotatable bonds is 3. The molecule has 0 aromatic rings. The van der Waals surface area contributed by atoms with Gasteiger partial charge in [-0.2, -0.15) is 0 Å². The third kappa shape index (κ3) is 6.78. The Labute approximate surface area is 196 Å². The summed E-state index contributed by atoms with van der Waals surface area (Å²) in [5, 5.41) is 0. The number of hydrogen-bond acceptors (Lipinski definition) is 2. The first-order chi connectivity index (χ1) is 11.6. The Morgan fingerprint density at radius 1 is 0.929 bits per heavy atom. The zero-order valence-electron chi connectivity index (χ0n) is 18.8. The first-order valence-electron chi connectivity index (χ1n) is 9.58. The third-order valence-corrected chi connectivity index (χ3v) is 5.31. The molecule has 0 amide bonds. The van der Waals surface area contributed by atoms with Gasteiger partial charge in [0.1, 0.15) is 0 Å². The minimum Gasteiger partial charge on any atom is -1.00 e. The first-order valence-corrected chi connectivity index (χ1v) is 10.4. The van der Waals surface area contributed by atoms with E-state index in [0.717, 1.165) is 18.6 Å². The molecule has 2 aliphatic rings. The summed E-state index contributed by atoms with van der Waals surface area (Å²) in [6, 6.07) is 0. The van der Waals surface area contributed by atoms with Crippen LogP contribution in [-0.4, -0.2) is 11.4 Å². The van der Waals surface area contributed by atoms with Crippen LogP contribution >= 0.6 is 0 Å². The van der Waals surface area contributed by atoms with Crippen LogP contribution < -0.4 is 24.8 Å². The molecule has 0 heterocycles. The summed E-state index contributed by atoms with van der Waals surface area (Å²) in [6.07, 6.45) is 10.6. The molecular formula is C23H35Cl2O2Ti. The average molecular weight is 462 g/mol. The summed E-state index contributed by atoms with van der Waals surface area (Å²) in [4.78, 5) is 0. The minimum atomic E-state index is -0.767. The Bertz CT molecular complexity index is 683. The van der Waals surface area contributed by atoms with Crippen molar-refractivity contribution >= 4 is 0 Å². The van der Waals surface area contributed by atoms with Crippen LogP contribution in [-0.2, 0) is 29.9 Å². The second kappa shape index (κ2) is 9.44. The zero-order chi connectivity index (χ0) is 20.0. The number of ether oxygens (including phenoxy) is 2. The van der Waals surface area contributed by atoms with Crippen LogP contribution in [0.1, 0.15) is 75.2 Å². The Morgan fingerprint density at radius 2 is 1.50 bits per heavy atom. The van der Waals surface area contributed by atoms with Crippen molar-refractivity contribution < 1.29 is 54.7 Å². The van der Waals surface area contributed by atoms with Gasteiger partial charge in [0.25, 0.3) is 0 Å². The molecule has 0 fully saturated rings. The predicted octanol–water partition coefficient (Wildman–Crippen LogP) is 0.589. The fourth-order valence-electron chi connectivity index (χ4n) is 3.46. The van der Waals surface area contributed by atoms with E-state index in [4.69, 9.17) is 9.47 Å². The molecule has 1 atom stereocenters. The maximum absolute atomic E-state index is 6.69. The van der Waals surface area contributed by atoms with Crippen molar-refractivity contribution in [3.05, 3.63) is 45.1 Å². The van der Waals surface area contributed by atoms with Gasteiger partial charge in [0.15, 0.2) is 0 Å². The summed E-state index contributed by atoms with van der Waals surface area (Å²) in [5.74, 6) is 0.188. The first kappa shape index (κ1) is 28.0. The second-order valence-electron chi connectivity index (χ2n) is 10.4. The van der Waals surface area contributed by atoms with Crippen LogP contribution in [0.3, 0.4) is 0 Å². The van der Waals surface area contributed by atoms with E-state index in [1.54, 1.807) is 0 Å². The van der Waals surface area contributed by atoms with Gasteiger partial charge >= 0.3 is 172 Å². The molecule has 0 radical (unpaired) electrons. The normalized spacial score (nSPS) is 23.0. The number of halogens is 2. The van der Waals surface area contributed by atoms with Crippen LogP contribution in [0.25, 0.3) is 0 Å². The molecule has 5 heteroatoms. The van der Waals surface area contributed by atoms with Gasteiger partial charge in [-0.25, -0.2) is 0 Å². The van der Waals surface area contributed by atoms with Crippen molar-refractivity contribution in [3.63, 3.8) is 0 Å². The van der Waals surface area contributed by atoms with Crippen molar-refractivity contribution in [1.29, 1.82) is 0 Å². The van der Waals surface area contributed by atoms with Gasteiger partial charge in [-0.05, 0) is 0 Å². The van der Waals surface area contributed by atoms with Gasteiger partial charge in [-0.3, -0.25) is 0 Å². The van der Waals surface area contributed by atoms with E-state index >= 15 is 0 Å². The Morgan fingerprint density at radius 3 is 1.89 bits per heavy atom. The van der Waals surface area contributed by atoms with Gasteiger partial charge in [0.2, 0.25) is 0 Å². The molecule has 0 aromatic heterocycles. The maximum Gasteiger partial charge on any atom is -1.00 e. The summed E-state index contributed by atoms with van der Waals surface area (Å²) >= 11 is 2.14. The fraction of sp³-hybridized carbons (Fsp3) is 0.652. The van der Waals surface area contributed by atoms with Crippen molar-refractivity contribution in [2.45, 2.75) is 86.5 Å². The van der Waals surface area contributed by atoms with Crippen LogP contribution in [0.15, 0.2) is 45.1 Å². The molecular weight excluding hydrogens is 427 g/mol. The van der Waals surface area contributed by atoms with Gasteiger partial charge < -0.3 is 24.8 Å². The molecule has 28 heavy (non-hydrogen) atoms. The van der Waals surface area contributed by atoms with Gasteiger partial charge in [-0.15, -0.1) is 0 Å². The van der Waals surface area contributed by atoms with Crippen LogP contribution in [0.2, 0.25) is 0 Å². The maximum atomic E-state index is 6.69. The predicted molar refractivity (Wildman–Crippen MR) is 105 cm³/mol. The smallest absolute Gasteiger partial charge is 1.00 e. The van der Waals surface area contributed by atoms with E-state index in [-0.39, 0.29) is 41.2 Å². The molecule has 1 unspecified atom stereocenters. The molecule has 0 aliphatic heterocycles. The zero-order valence-corrected chi connectivity index (χ0v) is 21.9. The Hall–Kier alpha value is 0.0143. The van der Waals surface area contributed by atoms with E-state index in [2.05, 4.69) is 107 Å². The van der Waals surface area contributed by atoms with Crippen LogP contribution in [0.5, 0.6) is 0 Å². The molecule has 0 spiro atoms. The van der Waals surface area contributed by atoms with Gasteiger partial charge in [0, 0.05) is 0 Å². The molecule has 0 bridgehead atoms. The SMILES string of the molecule is CC(C)(C)OC1(OC2=[C]([Ti+2])CC=C2)CC=C(C(C)(C)C)C=C1C(C)(C)C.[Cl-].[Cl-]. The summed E-state index contributed by atoms with van der Waals surface area (Å²) < 4.78 is 14.6. The molecule has 157 valence electrons. The monoisotopic (exact) mass is 461 g/mol. The summed E-state index contributed by atoms with van der Waals surface area (Å²) in [6.45, 7) is 19.9. The molecule has 0 aromatic carbocycles. The third-order valence-electron chi connectivity index (χ3n) is 4.61. The second-order valence-corrected chi connectivity index (χ2v) is 11.4. The van der Waals surface area contributed by atoms with Crippen molar-refractivity contribution in [2.75, 3.05) is 0 Å². The van der Waals surface area contributed by atoms with Crippen molar-refractivity contribution in [2.24, 2.45) is 10.8 Å². The molecule has 2 rings (SSSR count). The van der Waals surface area contributed by atoms with Crippen molar-refractivity contribution in [3.8, 4) is 0 Å².